The zero-order valence-electron chi connectivity index (χ0n) is 19.2. The Balaban J connectivity index is 1.27. The van der Waals surface area contributed by atoms with Crippen LogP contribution in [0.25, 0.3) is 11.3 Å². The van der Waals surface area contributed by atoms with Crippen molar-refractivity contribution in [2.75, 3.05) is 6.61 Å². The first-order valence-corrected chi connectivity index (χ1v) is 11.7. The molecular formula is C26H27ClN2O5. The second-order valence-corrected chi connectivity index (χ2v) is 8.88. The number of amides is 1. The highest BCUT2D eigenvalue weighted by Crippen LogP contribution is 2.24. The fourth-order valence-electron chi connectivity index (χ4n) is 4.15. The molecule has 0 N–H and O–H groups in total. The van der Waals surface area contributed by atoms with E-state index in [2.05, 4.69) is 18.8 Å². The van der Waals surface area contributed by atoms with Crippen molar-refractivity contribution in [2.24, 2.45) is 0 Å². The van der Waals surface area contributed by atoms with Crippen molar-refractivity contribution in [3.8, 4) is 17.1 Å². The number of aromatic nitrogens is 1. The molecule has 0 bridgehead atoms. The molecule has 1 aliphatic rings. The van der Waals surface area contributed by atoms with E-state index in [4.69, 9.17) is 25.5 Å². The van der Waals surface area contributed by atoms with Gasteiger partial charge in [0, 0.05) is 22.7 Å². The Morgan fingerprint density at radius 3 is 2.41 bits per heavy atom. The Labute approximate surface area is 203 Å². The van der Waals surface area contributed by atoms with E-state index >= 15 is 0 Å². The van der Waals surface area contributed by atoms with Gasteiger partial charge in [0.15, 0.2) is 19.0 Å². The topological polar surface area (TPSA) is 81.9 Å². The van der Waals surface area contributed by atoms with Crippen LogP contribution in [0.3, 0.4) is 0 Å². The number of likely N-dealkylation sites (tertiary alicyclic amines) is 1. The highest BCUT2D eigenvalue weighted by Gasteiger charge is 2.29. The third kappa shape index (κ3) is 5.78. The molecular weight excluding hydrogens is 456 g/mol. The van der Waals surface area contributed by atoms with E-state index in [1.165, 1.54) is 0 Å². The first kappa shape index (κ1) is 23.8. The molecule has 1 saturated heterocycles. The summed E-state index contributed by atoms with van der Waals surface area (Å²) in [6.07, 6.45) is 4.75. The molecule has 4 rings (SSSR count). The monoisotopic (exact) mass is 482 g/mol. The van der Waals surface area contributed by atoms with Crippen LogP contribution in [0.2, 0.25) is 5.02 Å². The van der Waals surface area contributed by atoms with E-state index < -0.39 is 5.97 Å². The minimum atomic E-state index is -0.509. The minimum absolute atomic E-state index is 0.0212. The van der Waals surface area contributed by atoms with Crippen LogP contribution in [-0.2, 0) is 16.1 Å². The van der Waals surface area contributed by atoms with E-state index in [-0.39, 0.29) is 37.1 Å². The lowest BCUT2D eigenvalue weighted by atomic mass is 9.97. The number of piperidine rings is 1. The van der Waals surface area contributed by atoms with Gasteiger partial charge in [0.1, 0.15) is 5.75 Å². The molecule has 0 spiro atoms. The average molecular weight is 483 g/mol. The molecule has 0 radical (unpaired) electrons. The van der Waals surface area contributed by atoms with Crippen molar-refractivity contribution in [1.82, 2.24) is 9.88 Å². The zero-order valence-corrected chi connectivity index (χ0v) is 20.0. The summed E-state index contributed by atoms with van der Waals surface area (Å²) >= 11 is 5.90. The number of rotatable bonds is 7. The van der Waals surface area contributed by atoms with Crippen LogP contribution in [0.4, 0.5) is 0 Å². The molecule has 3 aromatic rings. The highest BCUT2D eigenvalue weighted by atomic mass is 35.5. The maximum atomic E-state index is 12.6. The van der Waals surface area contributed by atoms with Crippen LogP contribution in [0.15, 0.2) is 59.1 Å². The molecule has 0 unspecified atom stereocenters. The van der Waals surface area contributed by atoms with Crippen LogP contribution in [0.1, 0.15) is 49.4 Å². The van der Waals surface area contributed by atoms with Gasteiger partial charge in [-0.25, -0.2) is 9.78 Å². The van der Waals surface area contributed by atoms with E-state index in [9.17, 15) is 9.59 Å². The van der Waals surface area contributed by atoms with E-state index in [0.717, 1.165) is 24.8 Å². The molecule has 1 aromatic heterocycles. The van der Waals surface area contributed by atoms with Gasteiger partial charge in [-0.15, -0.1) is 0 Å². The Bertz CT molecular complexity index is 1120. The van der Waals surface area contributed by atoms with Crippen LogP contribution in [0, 0.1) is 0 Å². The summed E-state index contributed by atoms with van der Waals surface area (Å²) in [7, 11) is 0. The van der Waals surface area contributed by atoms with E-state index in [1.54, 1.807) is 42.6 Å². The summed E-state index contributed by atoms with van der Waals surface area (Å²) in [6, 6.07) is 14.1. The molecule has 7 nitrogen and oxygen atoms in total. The zero-order chi connectivity index (χ0) is 24.1. The quantitative estimate of drug-likeness (QED) is 0.412. The number of benzene rings is 2. The van der Waals surface area contributed by atoms with Gasteiger partial charge in [-0.1, -0.05) is 11.6 Å². The Morgan fingerprint density at radius 2 is 1.74 bits per heavy atom. The lowest BCUT2D eigenvalue weighted by molar-refractivity contribution is -0.139. The second-order valence-electron chi connectivity index (χ2n) is 8.44. The maximum absolute atomic E-state index is 12.6. The largest absolute Gasteiger partial charge is 0.484 e. The van der Waals surface area contributed by atoms with Crippen molar-refractivity contribution in [3.63, 3.8) is 0 Å². The number of oxazole rings is 1. The third-order valence-corrected chi connectivity index (χ3v) is 6.19. The molecule has 1 fully saturated rings. The third-order valence-electron chi connectivity index (χ3n) is 5.94. The number of esters is 1. The fraction of sp³-hybridized carbons (Fsp3) is 0.346. The van der Waals surface area contributed by atoms with E-state index in [0.29, 0.717) is 22.1 Å². The lowest BCUT2D eigenvalue weighted by Crippen LogP contribution is -2.49. The summed E-state index contributed by atoms with van der Waals surface area (Å²) in [4.78, 5) is 31.0. The predicted molar refractivity (Wildman–Crippen MR) is 128 cm³/mol. The van der Waals surface area contributed by atoms with Gasteiger partial charge in [0.2, 0.25) is 5.89 Å². The number of carbonyl (C=O) groups excluding carboxylic acids is 2. The van der Waals surface area contributed by atoms with Crippen molar-refractivity contribution >= 4 is 23.5 Å². The first-order valence-electron chi connectivity index (χ1n) is 11.3. The number of carbonyl (C=O) groups is 2. The van der Waals surface area contributed by atoms with E-state index in [1.807, 2.05) is 17.0 Å². The maximum Gasteiger partial charge on any atom is 0.338 e. The number of halogens is 1. The van der Waals surface area contributed by atoms with Crippen molar-refractivity contribution in [1.29, 1.82) is 0 Å². The molecule has 178 valence electrons. The van der Waals surface area contributed by atoms with Gasteiger partial charge < -0.3 is 18.8 Å². The number of nitrogens with zero attached hydrogens (tertiary/aromatic N) is 2. The van der Waals surface area contributed by atoms with Gasteiger partial charge in [0.25, 0.3) is 5.91 Å². The molecule has 2 heterocycles. The predicted octanol–water partition coefficient (Wildman–Crippen LogP) is 5.52. The molecule has 1 amide bonds. The van der Waals surface area contributed by atoms with Crippen LogP contribution in [0.5, 0.6) is 5.75 Å². The Kier molecular flexibility index (Phi) is 7.53. The van der Waals surface area contributed by atoms with Crippen molar-refractivity contribution < 1.29 is 23.5 Å². The van der Waals surface area contributed by atoms with Gasteiger partial charge in [-0.05, 0) is 81.6 Å². The summed E-state index contributed by atoms with van der Waals surface area (Å²) in [5.74, 6) is 0.838. The van der Waals surface area contributed by atoms with Crippen molar-refractivity contribution in [2.45, 2.75) is 51.8 Å². The summed E-state index contributed by atoms with van der Waals surface area (Å²) < 4.78 is 16.6. The molecule has 8 heteroatoms. The summed E-state index contributed by atoms with van der Waals surface area (Å²) in [5, 5.41) is 0.631. The normalized spacial score (nSPS) is 17.9. The number of hydrogen-bond donors (Lipinski definition) is 0. The Hall–Kier alpha value is -3.32. The number of hydrogen-bond acceptors (Lipinski definition) is 6. The molecule has 0 aliphatic carbocycles. The standard InChI is InChI=1S/C26H27ClN2O5/c1-17-4-3-5-18(2)29(17)25(30)16-32-22-12-8-20(9-13-22)26(31)33-15-24-28-14-23(34-24)19-6-10-21(27)11-7-19/h6-14,17-18H,3-5,15-16H2,1-2H3/t17-,18-/m0/s1. The molecule has 2 atom stereocenters. The van der Waals surface area contributed by atoms with Crippen molar-refractivity contribution in [3.05, 3.63) is 71.2 Å². The Morgan fingerprint density at radius 1 is 1.06 bits per heavy atom. The fourth-order valence-corrected chi connectivity index (χ4v) is 4.28. The van der Waals surface area contributed by atoms with Gasteiger partial charge >= 0.3 is 5.97 Å². The first-order chi connectivity index (χ1) is 16.4. The van der Waals surface area contributed by atoms with Gasteiger partial charge in [0.05, 0.1) is 11.8 Å². The average Bonchev–Trinajstić information content (AvgIpc) is 3.31. The SMILES string of the molecule is C[C@H]1CCC[C@H](C)N1C(=O)COc1ccc(C(=O)OCc2ncc(-c3ccc(Cl)cc3)o2)cc1. The number of ether oxygens (including phenoxy) is 2. The highest BCUT2D eigenvalue weighted by molar-refractivity contribution is 6.30. The minimum Gasteiger partial charge on any atom is -0.484 e. The smallest absolute Gasteiger partial charge is 0.338 e. The molecule has 34 heavy (non-hydrogen) atoms. The second kappa shape index (κ2) is 10.7. The molecule has 2 aromatic carbocycles. The van der Waals surface area contributed by atoms with Gasteiger partial charge in [-0.2, -0.15) is 0 Å². The molecule has 0 saturated carbocycles. The van der Waals surface area contributed by atoms with Gasteiger partial charge in [-0.3, -0.25) is 4.79 Å². The summed E-state index contributed by atoms with van der Waals surface area (Å²) in [5.41, 5.74) is 1.19. The molecule has 1 aliphatic heterocycles. The lowest BCUT2D eigenvalue weighted by Gasteiger charge is -2.38. The summed E-state index contributed by atoms with van der Waals surface area (Å²) in [6.45, 7) is 4.03. The van der Waals surface area contributed by atoms with Crippen LogP contribution in [-0.4, -0.2) is 40.5 Å². The van der Waals surface area contributed by atoms with Crippen LogP contribution >= 0.6 is 11.6 Å². The van der Waals surface area contributed by atoms with Crippen LogP contribution < -0.4 is 4.74 Å².